The number of aliphatic hydroxyl groups is 1. The van der Waals surface area contributed by atoms with Crippen molar-refractivity contribution in [3.8, 4) is 0 Å². The Balaban J connectivity index is 0.974. The third-order valence-electron chi connectivity index (χ3n) is 16.6. The maximum absolute atomic E-state index is 12.9. The molecule has 2 saturated heterocycles. The van der Waals surface area contributed by atoms with Gasteiger partial charge >= 0.3 is 6.09 Å². The van der Waals surface area contributed by atoms with Gasteiger partial charge in [0.25, 0.3) is 0 Å². The van der Waals surface area contributed by atoms with Crippen LogP contribution in [-0.4, -0.2) is 86.1 Å². The molecule has 0 aromatic heterocycles. The molecule has 9 nitrogen and oxygen atoms in total. The number of hydrogen-bond donors (Lipinski definition) is 2. The Hall–Kier alpha value is -1.42. The topological polar surface area (TPSA) is 107 Å². The lowest BCUT2D eigenvalue weighted by atomic mass is 9.41. The zero-order chi connectivity index (χ0) is 33.9. The zero-order valence-electron chi connectivity index (χ0n) is 30.4. The molecule has 6 saturated carbocycles. The minimum atomic E-state index is -0.482. The first kappa shape index (κ1) is 33.7. The summed E-state index contributed by atoms with van der Waals surface area (Å²) in [6, 6.07) is 0. The van der Waals surface area contributed by atoms with Gasteiger partial charge in [0.15, 0.2) is 6.29 Å². The second kappa shape index (κ2) is 11.5. The van der Waals surface area contributed by atoms with Crippen LogP contribution in [0.3, 0.4) is 0 Å². The summed E-state index contributed by atoms with van der Waals surface area (Å²) in [4.78, 5) is 26.5. The first-order valence-electron chi connectivity index (χ1n) is 19.5. The van der Waals surface area contributed by atoms with Crippen molar-refractivity contribution >= 4 is 12.0 Å². The lowest BCUT2D eigenvalue weighted by molar-refractivity contribution is -0.248. The fourth-order valence-electron chi connectivity index (χ4n) is 14.0. The van der Waals surface area contributed by atoms with Crippen LogP contribution in [0, 0.1) is 56.7 Å². The quantitative estimate of drug-likeness (QED) is 0.347. The van der Waals surface area contributed by atoms with Gasteiger partial charge in [-0.2, -0.15) is 0 Å². The van der Waals surface area contributed by atoms with E-state index in [-0.39, 0.29) is 46.8 Å². The molecule has 270 valence electrons. The van der Waals surface area contributed by atoms with Gasteiger partial charge in [-0.15, -0.1) is 0 Å². The molecule has 9 unspecified atom stereocenters. The predicted molar refractivity (Wildman–Crippen MR) is 180 cm³/mol. The van der Waals surface area contributed by atoms with E-state index in [4.69, 9.17) is 18.9 Å². The van der Waals surface area contributed by atoms with E-state index in [1.165, 1.54) is 45.6 Å². The van der Waals surface area contributed by atoms with Gasteiger partial charge in [-0.25, -0.2) is 4.79 Å². The molecule has 8 fully saturated rings. The number of morpholine rings is 1. The number of nitrogens with zero attached hydrogens (tertiary/aromatic N) is 1. The second-order valence-electron chi connectivity index (χ2n) is 18.8. The highest BCUT2D eigenvalue weighted by Crippen LogP contribution is 2.89. The summed E-state index contributed by atoms with van der Waals surface area (Å²) < 4.78 is 24.6. The SMILES string of the molecule is COC(=O)NCCC1C[C@@H](C)C2C(O1)[C@H](O)[C@@]1(C)C3CC[C@H]4C(C)(C)C(OC5CN(C(=O)CC6CC6)CCO5)CCC45CC35CCC21C. The van der Waals surface area contributed by atoms with E-state index >= 15 is 0 Å². The van der Waals surface area contributed by atoms with E-state index in [1.54, 1.807) is 0 Å². The fourth-order valence-corrected chi connectivity index (χ4v) is 14.0. The number of ether oxygens (including phenoxy) is 4. The van der Waals surface area contributed by atoms with Gasteiger partial charge in [-0.3, -0.25) is 4.79 Å². The first-order chi connectivity index (χ1) is 22.8. The minimum absolute atomic E-state index is 0.0173. The molecule has 9 heteroatoms. The molecule has 6 aliphatic carbocycles. The van der Waals surface area contributed by atoms with Crippen molar-refractivity contribution in [2.75, 3.05) is 33.4 Å². The molecule has 2 N–H and O–H groups in total. The summed E-state index contributed by atoms with van der Waals surface area (Å²) in [5, 5.41) is 15.3. The Morgan fingerprint density at radius 2 is 1.75 bits per heavy atom. The molecular weight excluding hydrogens is 608 g/mol. The number of amides is 2. The number of nitrogens with one attached hydrogen (secondary N) is 1. The molecule has 48 heavy (non-hydrogen) atoms. The minimum Gasteiger partial charge on any atom is -0.453 e. The van der Waals surface area contributed by atoms with Crippen LogP contribution in [-0.2, 0) is 23.7 Å². The molecule has 0 aromatic carbocycles. The number of carbonyl (C=O) groups is 2. The summed E-state index contributed by atoms with van der Waals surface area (Å²) in [5.41, 5.74) is 0.484. The molecular formula is C39H62N2O7. The highest BCUT2D eigenvalue weighted by molar-refractivity contribution is 5.76. The van der Waals surface area contributed by atoms with E-state index in [9.17, 15) is 14.7 Å². The molecule has 8 aliphatic rings. The second-order valence-corrected chi connectivity index (χ2v) is 18.8. The van der Waals surface area contributed by atoms with Crippen molar-refractivity contribution in [2.24, 2.45) is 56.7 Å². The van der Waals surface area contributed by atoms with Gasteiger partial charge in [-0.05, 0) is 122 Å². The van der Waals surface area contributed by atoms with Crippen molar-refractivity contribution in [1.29, 1.82) is 0 Å². The van der Waals surface area contributed by atoms with Crippen LogP contribution in [0.5, 0.6) is 0 Å². The highest BCUT2D eigenvalue weighted by atomic mass is 16.7. The molecule has 13 atom stereocenters. The van der Waals surface area contributed by atoms with Gasteiger partial charge < -0.3 is 34.3 Å². The molecule has 8 rings (SSSR count). The van der Waals surface area contributed by atoms with E-state index < -0.39 is 12.2 Å². The molecule has 0 aromatic rings. The Bertz CT molecular complexity index is 1290. The molecule has 2 amide bonds. The highest BCUT2D eigenvalue weighted by Gasteiger charge is 2.84. The van der Waals surface area contributed by atoms with E-state index in [0.717, 1.165) is 32.1 Å². The van der Waals surface area contributed by atoms with E-state index in [2.05, 4.69) is 39.9 Å². The molecule has 0 bridgehead atoms. The molecule has 2 spiro atoms. The third-order valence-corrected chi connectivity index (χ3v) is 16.6. The third kappa shape index (κ3) is 4.74. The summed E-state index contributed by atoms with van der Waals surface area (Å²) in [5.74, 6) is 2.76. The number of carbonyl (C=O) groups excluding carboxylic acids is 2. The smallest absolute Gasteiger partial charge is 0.406 e. The van der Waals surface area contributed by atoms with Crippen LogP contribution < -0.4 is 5.32 Å². The summed E-state index contributed by atoms with van der Waals surface area (Å²) >= 11 is 0. The average molecular weight is 671 g/mol. The van der Waals surface area contributed by atoms with Crippen LogP contribution >= 0.6 is 0 Å². The van der Waals surface area contributed by atoms with Crippen LogP contribution in [0.2, 0.25) is 0 Å². The summed E-state index contributed by atoms with van der Waals surface area (Å²) in [6.45, 7) is 14.6. The number of hydrogen-bond acceptors (Lipinski definition) is 7. The lowest BCUT2D eigenvalue weighted by Gasteiger charge is -2.64. The summed E-state index contributed by atoms with van der Waals surface area (Å²) in [7, 11) is 1.39. The Kier molecular flexibility index (Phi) is 8.11. The van der Waals surface area contributed by atoms with Crippen molar-refractivity contribution in [2.45, 2.75) is 142 Å². The van der Waals surface area contributed by atoms with Gasteiger partial charge in [0.05, 0.1) is 44.7 Å². The van der Waals surface area contributed by atoms with Crippen molar-refractivity contribution in [3.63, 3.8) is 0 Å². The first-order valence-corrected chi connectivity index (χ1v) is 19.5. The zero-order valence-corrected chi connectivity index (χ0v) is 30.4. The number of rotatable bonds is 7. The maximum Gasteiger partial charge on any atom is 0.406 e. The Morgan fingerprint density at radius 1 is 1.00 bits per heavy atom. The van der Waals surface area contributed by atoms with Gasteiger partial charge in [0.2, 0.25) is 5.91 Å². The van der Waals surface area contributed by atoms with Crippen LogP contribution in [0.1, 0.15) is 112 Å². The summed E-state index contributed by atoms with van der Waals surface area (Å²) in [6.07, 6.45) is 11.9. The largest absolute Gasteiger partial charge is 0.453 e. The Labute approximate surface area is 287 Å². The van der Waals surface area contributed by atoms with Crippen LogP contribution in [0.25, 0.3) is 0 Å². The average Bonchev–Trinajstić information content (AvgIpc) is 3.98. The van der Waals surface area contributed by atoms with Crippen molar-refractivity contribution < 1.29 is 33.6 Å². The molecule has 2 heterocycles. The Morgan fingerprint density at radius 3 is 2.50 bits per heavy atom. The van der Waals surface area contributed by atoms with E-state index in [0.29, 0.717) is 73.1 Å². The van der Waals surface area contributed by atoms with Gasteiger partial charge in [-0.1, -0.05) is 34.6 Å². The van der Waals surface area contributed by atoms with Gasteiger partial charge in [0.1, 0.15) is 0 Å². The number of methoxy groups -OCH3 is 1. The van der Waals surface area contributed by atoms with Crippen LogP contribution in [0.15, 0.2) is 0 Å². The normalized spacial score (nSPS) is 50.2. The monoisotopic (exact) mass is 670 g/mol. The standard InChI is InChI=1S/C39H62N2O7/c1-23-19-25(12-16-40-34(44)45-6)47-32-31(23)36(4)14-15-39-22-38(39)13-11-28(35(2,3)26(38)9-10-27(39)37(36,5)33(32)43)48-30-21-41(17-18-46-30)29(42)20-24-7-8-24/h23-28,30-33,43H,7-22H2,1-6H3,(H,40,44)/t23-,25?,26+,27?,28?,30?,31?,32?,33+,36?,37-,38?,39?/m1/s1. The predicted octanol–water partition coefficient (Wildman–Crippen LogP) is 5.92. The molecule has 2 aliphatic heterocycles. The molecule has 0 radical (unpaired) electrons. The van der Waals surface area contributed by atoms with Crippen molar-refractivity contribution in [3.05, 3.63) is 0 Å². The number of fused-ring (bicyclic) bond motifs is 4. The van der Waals surface area contributed by atoms with Gasteiger partial charge in [0, 0.05) is 24.9 Å². The van der Waals surface area contributed by atoms with Crippen molar-refractivity contribution in [1.82, 2.24) is 10.2 Å². The number of aliphatic hydroxyl groups excluding tert-OH is 1. The lowest BCUT2D eigenvalue weighted by Crippen LogP contribution is -2.60. The fraction of sp³-hybridized carbons (Fsp3) is 0.949. The van der Waals surface area contributed by atoms with Crippen LogP contribution in [0.4, 0.5) is 4.79 Å². The number of alkyl carbamates (subject to hydrolysis) is 1. The van der Waals surface area contributed by atoms with E-state index in [1.807, 2.05) is 4.90 Å². The maximum atomic E-state index is 12.9.